The van der Waals surface area contributed by atoms with E-state index in [0.717, 1.165) is 42.3 Å². The summed E-state index contributed by atoms with van der Waals surface area (Å²) in [7, 11) is 0. The number of fused-ring (bicyclic) bond motifs is 1. The van der Waals surface area contributed by atoms with Crippen molar-refractivity contribution in [3.63, 3.8) is 0 Å². The number of amides is 1. The fourth-order valence-corrected chi connectivity index (χ4v) is 3.96. The van der Waals surface area contributed by atoms with E-state index in [-0.39, 0.29) is 11.7 Å². The smallest absolute Gasteiger partial charge is 0.251 e. The highest BCUT2D eigenvalue weighted by molar-refractivity contribution is 5.98. The number of nitrogens with zero attached hydrogens (tertiary/aromatic N) is 1. The molecule has 0 fully saturated rings. The number of aromatic nitrogens is 1. The molecule has 0 saturated carbocycles. The average Bonchev–Trinajstić information content (AvgIpc) is 3.01. The molecule has 0 aliphatic rings. The second-order valence-corrected chi connectivity index (χ2v) is 8.72. The summed E-state index contributed by atoms with van der Waals surface area (Å²) >= 11 is 0. The van der Waals surface area contributed by atoms with Crippen molar-refractivity contribution < 1.29 is 9.18 Å². The Balaban J connectivity index is 1.82. The molecule has 0 radical (unpaired) electrons. The summed E-state index contributed by atoms with van der Waals surface area (Å²) in [5, 5.41) is 4.11. The molecule has 2 aromatic carbocycles. The van der Waals surface area contributed by atoms with Crippen LogP contribution in [0.4, 0.5) is 4.39 Å². The van der Waals surface area contributed by atoms with Gasteiger partial charge in [-0.3, -0.25) is 4.79 Å². The topological polar surface area (TPSA) is 34.0 Å². The Labute approximate surface area is 179 Å². The van der Waals surface area contributed by atoms with Crippen LogP contribution in [0, 0.1) is 18.7 Å². The molecular weight excluding hydrogens is 375 g/mol. The van der Waals surface area contributed by atoms with Crippen LogP contribution in [0.1, 0.15) is 73.8 Å². The number of carbonyl (C=O) groups is 1. The number of carbonyl (C=O) groups excluding carboxylic acids is 1. The maximum Gasteiger partial charge on any atom is 0.251 e. The van der Waals surface area contributed by atoms with Crippen LogP contribution >= 0.6 is 0 Å². The van der Waals surface area contributed by atoms with Gasteiger partial charge < -0.3 is 9.88 Å². The van der Waals surface area contributed by atoms with Gasteiger partial charge in [-0.05, 0) is 67.8 Å². The van der Waals surface area contributed by atoms with Crippen molar-refractivity contribution in [2.24, 2.45) is 5.92 Å². The predicted octanol–water partition coefficient (Wildman–Crippen LogP) is 6.58. The van der Waals surface area contributed by atoms with Crippen molar-refractivity contribution in [3.8, 4) is 0 Å². The Morgan fingerprint density at radius 1 is 1.10 bits per heavy atom. The molecular formula is C26H33FN2O. The summed E-state index contributed by atoms with van der Waals surface area (Å²) < 4.78 is 16.7. The van der Waals surface area contributed by atoms with E-state index in [4.69, 9.17) is 0 Å². The first-order valence-corrected chi connectivity index (χ1v) is 11.0. The van der Waals surface area contributed by atoms with Gasteiger partial charge in [-0.15, -0.1) is 0 Å². The van der Waals surface area contributed by atoms with Gasteiger partial charge in [-0.1, -0.05) is 45.4 Å². The number of nitrogens with one attached hydrogen (secondary N) is 1. The number of halogens is 1. The van der Waals surface area contributed by atoms with Gasteiger partial charge in [0, 0.05) is 28.9 Å². The van der Waals surface area contributed by atoms with Crippen molar-refractivity contribution >= 4 is 16.8 Å². The Hall–Kier alpha value is -2.62. The molecule has 3 rings (SSSR count). The van der Waals surface area contributed by atoms with Crippen LogP contribution < -0.4 is 5.32 Å². The van der Waals surface area contributed by atoms with Crippen LogP contribution in [0.15, 0.2) is 42.5 Å². The lowest BCUT2D eigenvalue weighted by Crippen LogP contribution is -2.27. The molecule has 1 N–H and O–H groups in total. The number of unbranched alkanes of at least 4 members (excludes halogenated alkanes) is 1. The molecule has 0 spiro atoms. The van der Waals surface area contributed by atoms with E-state index in [1.54, 1.807) is 0 Å². The van der Waals surface area contributed by atoms with Crippen molar-refractivity contribution in [1.29, 1.82) is 0 Å². The maximum absolute atomic E-state index is 14.4. The zero-order chi connectivity index (χ0) is 21.8. The molecule has 1 atom stereocenters. The van der Waals surface area contributed by atoms with Gasteiger partial charge in [0.15, 0.2) is 0 Å². The summed E-state index contributed by atoms with van der Waals surface area (Å²) in [6.45, 7) is 11.4. The molecule has 1 amide bonds. The molecule has 4 heteroatoms. The summed E-state index contributed by atoms with van der Waals surface area (Å²) in [6.07, 6.45) is 3.09. The molecule has 0 unspecified atom stereocenters. The molecule has 1 heterocycles. The van der Waals surface area contributed by atoms with E-state index in [1.807, 2.05) is 37.3 Å². The first-order chi connectivity index (χ1) is 14.3. The van der Waals surface area contributed by atoms with Crippen molar-refractivity contribution in [1.82, 2.24) is 9.88 Å². The predicted molar refractivity (Wildman–Crippen MR) is 122 cm³/mol. The molecule has 3 aromatic rings. The lowest BCUT2D eigenvalue weighted by Gasteiger charge is -2.17. The molecule has 1 aromatic heterocycles. The highest BCUT2D eigenvalue weighted by atomic mass is 19.1. The van der Waals surface area contributed by atoms with Crippen LogP contribution in [0.2, 0.25) is 0 Å². The van der Waals surface area contributed by atoms with Crippen LogP contribution in [-0.4, -0.2) is 10.5 Å². The summed E-state index contributed by atoms with van der Waals surface area (Å²) in [5.41, 5.74) is 4.50. The zero-order valence-corrected chi connectivity index (χ0v) is 18.8. The van der Waals surface area contributed by atoms with Gasteiger partial charge in [0.2, 0.25) is 0 Å². The van der Waals surface area contributed by atoms with Crippen molar-refractivity contribution in [3.05, 3.63) is 70.7 Å². The normalized spacial score (nSPS) is 12.5. The van der Waals surface area contributed by atoms with Crippen molar-refractivity contribution in [2.45, 2.75) is 66.5 Å². The molecule has 0 saturated heterocycles. The maximum atomic E-state index is 14.4. The van der Waals surface area contributed by atoms with Gasteiger partial charge in [0.1, 0.15) is 5.82 Å². The number of hydrogen-bond donors (Lipinski definition) is 1. The Morgan fingerprint density at radius 3 is 2.57 bits per heavy atom. The number of hydrogen-bond acceptors (Lipinski definition) is 1. The monoisotopic (exact) mass is 408 g/mol. The van der Waals surface area contributed by atoms with E-state index in [2.05, 4.69) is 43.6 Å². The Morgan fingerprint density at radius 2 is 1.87 bits per heavy atom. The fourth-order valence-electron chi connectivity index (χ4n) is 3.96. The van der Waals surface area contributed by atoms with Crippen LogP contribution in [0.3, 0.4) is 0 Å². The highest BCUT2D eigenvalue weighted by Crippen LogP contribution is 2.24. The number of aryl methyl sites for hydroxylation is 2. The minimum absolute atomic E-state index is 0.183. The van der Waals surface area contributed by atoms with Gasteiger partial charge in [0.05, 0.1) is 6.04 Å². The van der Waals surface area contributed by atoms with Gasteiger partial charge in [0.25, 0.3) is 5.91 Å². The van der Waals surface area contributed by atoms with E-state index in [0.29, 0.717) is 17.0 Å². The summed E-state index contributed by atoms with van der Waals surface area (Å²) in [6, 6.07) is 12.8. The molecule has 3 nitrogen and oxygen atoms in total. The first kappa shape index (κ1) is 22.1. The van der Waals surface area contributed by atoms with Crippen molar-refractivity contribution in [2.75, 3.05) is 0 Å². The number of rotatable bonds is 8. The quantitative estimate of drug-likeness (QED) is 0.449. The highest BCUT2D eigenvalue weighted by Gasteiger charge is 2.17. The standard InChI is InChI=1S/C26H33FN2O/c1-6-7-8-20-9-12-24(27)23(14-20)19(5)28-26(30)22-11-10-21-13-18(4)29(16-17(2)3)25(21)15-22/h9-15,17,19H,6-8,16H2,1-5H3,(H,28,30)/t19-/m0/s1. The van der Waals surface area contributed by atoms with Gasteiger partial charge in [-0.25, -0.2) is 4.39 Å². The minimum Gasteiger partial charge on any atom is -0.345 e. The third-order valence-corrected chi connectivity index (χ3v) is 5.61. The average molecular weight is 409 g/mol. The molecule has 160 valence electrons. The summed E-state index contributed by atoms with van der Waals surface area (Å²) in [4.78, 5) is 12.9. The molecule has 0 bridgehead atoms. The Bertz CT molecular complexity index is 1030. The molecule has 0 aliphatic carbocycles. The van der Waals surface area contributed by atoms with E-state index in [9.17, 15) is 9.18 Å². The second-order valence-electron chi connectivity index (χ2n) is 8.72. The fraction of sp³-hybridized carbons (Fsp3) is 0.423. The van der Waals surface area contributed by atoms with Crippen LogP contribution in [0.25, 0.3) is 10.9 Å². The zero-order valence-electron chi connectivity index (χ0n) is 18.8. The lowest BCUT2D eigenvalue weighted by molar-refractivity contribution is 0.0939. The molecule has 0 aliphatic heterocycles. The van der Waals surface area contributed by atoms with Gasteiger partial charge >= 0.3 is 0 Å². The lowest BCUT2D eigenvalue weighted by atomic mass is 10.0. The second kappa shape index (κ2) is 9.46. The largest absolute Gasteiger partial charge is 0.345 e. The Kier molecular flexibility index (Phi) is 6.96. The van der Waals surface area contributed by atoms with Crippen LogP contribution in [0.5, 0.6) is 0 Å². The third-order valence-electron chi connectivity index (χ3n) is 5.61. The van der Waals surface area contributed by atoms with E-state index < -0.39 is 6.04 Å². The molecule has 30 heavy (non-hydrogen) atoms. The van der Waals surface area contributed by atoms with Crippen LogP contribution in [-0.2, 0) is 13.0 Å². The third kappa shape index (κ3) is 4.92. The number of benzene rings is 2. The summed E-state index contributed by atoms with van der Waals surface area (Å²) in [5.74, 6) is 0.0532. The van der Waals surface area contributed by atoms with Gasteiger partial charge in [-0.2, -0.15) is 0 Å². The minimum atomic E-state index is -0.404. The van der Waals surface area contributed by atoms with E-state index in [1.165, 1.54) is 11.8 Å². The SMILES string of the molecule is CCCCc1ccc(F)c([C@H](C)NC(=O)c2ccc3cc(C)n(CC(C)C)c3c2)c1. The first-order valence-electron chi connectivity index (χ1n) is 11.0. The van der Waals surface area contributed by atoms with E-state index >= 15 is 0 Å².